The summed E-state index contributed by atoms with van der Waals surface area (Å²) in [6, 6.07) is 6.83. The van der Waals surface area contributed by atoms with E-state index in [1.165, 1.54) is 55.0 Å². The minimum absolute atomic E-state index is 0.130. The molecule has 1 amide bonds. The number of nitrogens with two attached hydrogens (primary N) is 1. The maximum absolute atomic E-state index is 12.9. The standard InChI is InChI=1S/C22H33N3OS/c1-15-11-16(14-25-7-9-27-10-8-25)5-6-20(15)24-22(26)19-12-17-3-2-4-18(13-19)21(17)23/h5-6,11,17-19,21H,2-4,7-10,12-14,23H2,1H3,(H,24,26). The average Bonchev–Trinajstić information content (AvgIpc) is 2.64. The molecule has 2 unspecified atom stereocenters. The first-order valence-electron chi connectivity index (χ1n) is 10.6. The van der Waals surface area contributed by atoms with E-state index in [4.69, 9.17) is 5.73 Å². The van der Waals surface area contributed by atoms with Crippen molar-refractivity contribution >= 4 is 23.4 Å². The molecule has 0 aromatic heterocycles. The molecule has 0 radical (unpaired) electrons. The van der Waals surface area contributed by atoms with Gasteiger partial charge in [-0.05, 0) is 61.6 Å². The highest BCUT2D eigenvalue weighted by Crippen LogP contribution is 2.42. The van der Waals surface area contributed by atoms with Crippen LogP contribution in [0.5, 0.6) is 0 Å². The van der Waals surface area contributed by atoms with Gasteiger partial charge in [0.15, 0.2) is 0 Å². The lowest BCUT2D eigenvalue weighted by Crippen LogP contribution is -2.48. The number of fused-ring (bicyclic) bond motifs is 2. The van der Waals surface area contributed by atoms with Crippen molar-refractivity contribution in [3.05, 3.63) is 29.3 Å². The van der Waals surface area contributed by atoms with Gasteiger partial charge in [-0.15, -0.1) is 0 Å². The average molecular weight is 388 g/mol. The molecule has 2 saturated carbocycles. The Morgan fingerprint density at radius 2 is 1.93 bits per heavy atom. The second-order valence-corrected chi connectivity index (χ2v) is 9.95. The molecule has 3 aliphatic rings. The zero-order chi connectivity index (χ0) is 18.8. The molecule has 1 aromatic carbocycles. The SMILES string of the molecule is Cc1cc(CN2CCSCC2)ccc1NC(=O)C1CC2CCCC(C1)C2N. The van der Waals surface area contributed by atoms with Crippen LogP contribution < -0.4 is 11.1 Å². The van der Waals surface area contributed by atoms with Crippen LogP contribution in [0.25, 0.3) is 0 Å². The molecule has 0 spiro atoms. The maximum atomic E-state index is 12.9. The number of thioether (sulfide) groups is 1. The first kappa shape index (κ1) is 19.3. The third kappa shape index (κ3) is 4.52. The summed E-state index contributed by atoms with van der Waals surface area (Å²) >= 11 is 2.04. The van der Waals surface area contributed by atoms with Gasteiger partial charge in [0.2, 0.25) is 5.91 Å². The van der Waals surface area contributed by atoms with E-state index in [2.05, 4.69) is 35.3 Å². The summed E-state index contributed by atoms with van der Waals surface area (Å²) in [5.74, 6) is 3.88. The zero-order valence-corrected chi connectivity index (χ0v) is 17.3. The largest absolute Gasteiger partial charge is 0.327 e. The lowest BCUT2D eigenvalue weighted by molar-refractivity contribution is -0.122. The topological polar surface area (TPSA) is 58.4 Å². The van der Waals surface area contributed by atoms with E-state index in [1.807, 2.05) is 11.8 Å². The molecule has 1 heterocycles. The van der Waals surface area contributed by atoms with Crippen LogP contribution >= 0.6 is 11.8 Å². The number of nitrogens with one attached hydrogen (secondary N) is 1. The number of hydrogen-bond acceptors (Lipinski definition) is 4. The monoisotopic (exact) mass is 387 g/mol. The zero-order valence-electron chi connectivity index (χ0n) is 16.5. The number of benzene rings is 1. The van der Waals surface area contributed by atoms with Gasteiger partial charge in [-0.25, -0.2) is 0 Å². The number of hydrogen-bond donors (Lipinski definition) is 2. The number of nitrogens with zero attached hydrogens (tertiary/aromatic N) is 1. The third-order valence-corrected chi connectivity index (χ3v) is 7.78. The number of aryl methyl sites for hydroxylation is 1. The second kappa shape index (κ2) is 8.54. The van der Waals surface area contributed by atoms with Crippen molar-refractivity contribution in [2.45, 2.75) is 51.6 Å². The van der Waals surface area contributed by atoms with Crippen LogP contribution in [0.15, 0.2) is 18.2 Å². The van der Waals surface area contributed by atoms with Crippen LogP contribution in [-0.2, 0) is 11.3 Å². The van der Waals surface area contributed by atoms with Gasteiger partial charge in [0.1, 0.15) is 0 Å². The number of rotatable bonds is 4. The van der Waals surface area contributed by atoms with Crippen LogP contribution in [0, 0.1) is 24.7 Å². The summed E-state index contributed by atoms with van der Waals surface area (Å²) in [6.07, 6.45) is 5.61. The highest BCUT2D eigenvalue weighted by atomic mass is 32.2. The number of carbonyl (C=O) groups is 1. The van der Waals surface area contributed by atoms with Crippen LogP contribution in [0.4, 0.5) is 5.69 Å². The van der Waals surface area contributed by atoms with Gasteiger partial charge < -0.3 is 11.1 Å². The molecule has 2 bridgehead atoms. The lowest BCUT2D eigenvalue weighted by atomic mass is 9.65. The molecular weight excluding hydrogens is 354 g/mol. The van der Waals surface area contributed by atoms with Crippen molar-refractivity contribution < 1.29 is 4.79 Å². The van der Waals surface area contributed by atoms with Gasteiger partial charge in [0, 0.05) is 48.8 Å². The predicted molar refractivity (Wildman–Crippen MR) is 114 cm³/mol. The maximum Gasteiger partial charge on any atom is 0.227 e. The molecule has 3 N–H and O–H groups in total. The summed E-state index contributed by atoms with van der Waals surface area (Å²) in [7, 11) is 0. The molecule has 1 aliphatic heterocycles. The van der Waals surface area contributed by atoms with Gasteiger partial charge >= 0.3 is 0 Å². The molecule has 2 atom stereocenters. The Hall–Kier alpha value is -1.04. The Balaban J connectivity index is 1.36. The molecule has 1 aromatic rings. The molecule has 2 aliphatic carbocycles. The van der Waals surface area contributed by atoms with Crippen molar-refractivity contribution in [1.29, 1.82) is 0 Å². The van der Waals surface area contributed by atoms with Crippen LogP contribution in [0.3, 0.4) is 0 Å². The van der Waals surface area contributed by atoms with Gasteiger partial charge in [-0.2, -0.15) is 11.8 Å². The summed E-state index contributed by atoms with van der Waals surface area (Å²) in [6.45, 7) is 5.47. The molecule has 4 rings (SSSR count). The Morgan fingerprint density at radius 1 is 1.22 bits per heavy atom. The number of anilines is 1. The molecule has 1 saturated heterocycles. The normalized spacial score (nSPS) is 31.5. The number of amides is 1. The Kier molecular flexibility index (Phi) is 6.10. The van der Waals surface area contributed by atoms with Crippen molar-refractivity contribution in [1.82, 2.24) is 4.90 Å². The van der Waals surface area contributed by atoms with E-state index in [1.54, 1.807) is 0 Å². The van der Waals surface area contributed by atoms with Crippen LogP contribution in [0.1, 0.15) is 43.2 Å². The van der Waals surface area contributed by atoms with E-state index < -0.39 is 0 Å². The minimum atomic E-state index is 0.130. The van der Waals surface area contributed by atoms with E-state index in [0.29, 0.717) is 17.9 Å². The van der Waals surface area contributed by atoms with Gasteiger partial charge in [-0.1, -0.05) is 18.6 Å². The van der Waals surface area contributed by atoms with Gasteiger partial charge in [0.25, 0.3) is 0 Å². The Labute approximate surface area is 167 Å². The molecular formula is C22H33N3OS. The Bertz CT molecular complexity index is 660. The first-order valence-corrected chi connectivity index (χ1v) is 11.7. The minimum Gasteiger partial charge on any atom is -0.327 e. The van der Waals surface area contributed by atoms with Crippen molar-refractivity contribution in [2.75, 3.05) is 29.9 Å². The fourth-order valence-electron chi connectivity index (χ4n) is 5.22. The quantitative estimate of drug-likeness (QED) is 0.828. The second-order valence-electron chi connectivity index (χ2n) is 8.72. The fraction of sp³-hybridized carbons (Fsp3) is 0.682. The van der Waals surface area contributed by atoms with Crippen molar-refractivity contribution in [3.63, 3.8) is 0 Å². The molecule has 3 fully saturated rings. The van der Waals surface area contributed by atoms with Crippen molar-refractivity contribution in [3.8, 4) is 0 Å². The summed E-state index contributed by atoms with van der Waals surface area (Å²) in [4.78, 5) is 15.4. The Morgan fingerprint density at radius 3 is 2.59 bits per heavy atom. The highest BCUT2D eigenvalue weighted by Gasteiger charge is 2.40. The van der Waals surface area contributed by atoms with Gasteiger partial charge in [-0.3, -0.25) is 9.69 Å². The fourth-order valence-corrected chi connectivity index (χ4v) is 6.20. The van der Waals surface area contributed by atoms with Crippen molar-refractivity contribution in [2.24, 2.45) is 23.5 Å². The van der Waals surface area contributed by atoms with Crippen LogP contribution in [-0.4, -0.2) is 41.4 Å². The van der Waals surface area contributed by atoms with Gasteiger partial charge in [0.05, 0.1) is 0 Å². The van der Waals surface area contributed by atoms with E-state index >= 15 is 0 Å². The first-order chi connectivity index (χ1) is 13.1. The smallest absolute Gasteiger partial charge is 0.227 e. The summed E-state index contributed by atoms with van der Waals surface area (Å²) in [5, 5.41) is 3.22. The third-order valence-electron chi connectivity index (χ3n) is 6.84. The molecule has 4 nitrogen and oxygen atoms in total. The predicted octanol–water partition coefficient (Wildman–Crippen LogP) is 3.64. The molecule has 5 heteroatoms. The lowest BCUT2D eigenvalue weighted by Gasteiger charge is -2.43. The highest BCUT2D eigenvalue weighted by molar-refractivity contribution is 7.99. The molecule has 27 heavy (non-hydrogen) atoms. The summed E-state index contributed by atoms with van der Waals surface area (Å²) < 4.78 is 0. The van der Waals surface area contributed by atoms with Crippen LogP contribution in [0.2, 0.25) is 0 Å². The number of carbonyl (C=O) groups excluding carboxylic acids is 1. The van der Waals surface area contributed by atoms with E-state index in [9.17, 15) is 4.79 Å². The van der Waals surface area contributed by atoms with E-state index in [-0.39, 0.29) is 11.8 Å². The summed E-state index contributed by atoms with van der Waals surface area (Å²) in [5.41, 5.74) is 9.86. The van der Waals surface area contributed by atoms with E-state index in [0.717, 1.165) is 25.1 Å². The molecule has 148 valence electrons.